The Balaban J connectivity index is 2.26. The molecule has 0 N–H and O–H groups in total. The van der Waals surface area contributed by atoms with Crippen molar-refractivity contribution in [1.82, 2.24) is 0 Å². The van der Waals surface area contributed by atoms with Crippen LogP contribution in [0.5, 0.6) is 0 Å². The molecule has 4 heteroatoms. The number of hydrogen-bond acceptors (Lipinski definition) is 3. The summed E-state index contributed by atoms with van der Waals surface area (Å²) in [6, 6.07) is 0. The van der Waals surface area contributed by atoms with Gasteiger partial charge in [0.05, 0.1) is 16.6 Å². The maximum absolute atomic E-state index is 11.7. The molecule has 1 aliphatic carbocycles. The van der Waals surface area contributed by atoms with Crippen LogP contribution in [0.25, 0.3) is 0 Å². The van der Waals surface area contributed by atoms with Crippen LogP contribution in [-0.4, -0.2) is 31.6 Å². The zero-order chi connectivity index (χ0) is 11.5. The maximum atomic E-state index is 11.7. The van der Waals surface area contributed by atoms with Crippen molar-refractivity contribution in [2.75, 3.05) is 6.61 Å². The standard InChI is InChI=1S/C11H22O3S/c1-4-5-6-14-10-7-11(8-10)15(12,13)9(2)3/h9-11H,4-8H2,1-3H3. The molecule has 0 aromatic rings. The van der Waals surface area contributed by atoms with Crippen molar-refractivity contribution in [1.29, 1.82) is 0 Å². The van der Waals surface area contributed by atoms with Crippen molar-refractivity contribution >= 4 is 9.84 Å². The smallest absolute Gasteiger partial charge is 0.155 e. The van der Waals surface area contributed by atoms with E-state index in [0.717, 1.165) is 19.4 Å². The van der Waals surface area contributed by atoms with Gasteiger partial charge in [-0.1, -0.05) is 13.3 Å². The van der Waals surface area contributed by atoms with Gasteiger partial charge < -0.3 is 4.74 Å². The highest BCUT2D eigenvalue weighted by molar-refractivity contribution is 7.92. The largest absolute Gasteiger partial charge is 0.378 e. The lowest BCUT2D eigenvalue weighted by Crippen LogP contribution is -2.43. The third kappa shape index (κ3) is 3.18. The highest BCUT2D eigenvalue weighted by Crippen LogP contribution is 2.31. The zero-order valence-electron chi connectivity index (χ0n) is 9.90. The average molecular weight is 234 g/mol. The Labute approximate surface area is 93.1 Å². The van der Waals surface area contributed by atoms with Crippen LogP contribution >= 0.6 is 0 Å². The molecule has 1 fully saturated rings. The molecule has 0 unspecified atom stereocenters. The van der Waals surface area contributed by atoms with Crippen molar-refractivity contribution in [3.8, 4) is 0 Å². The van der Waals surface area contributed by atoms with Gasteiger partial charge in [0, 0.05) is 6.61 Å². The third-order valence-corrected chi connectivity index (χ3v) is 5.65. The molecule has 0 bridgehead atoms. The lowest BCUT2D eigenvalue weighted by Gasteiger charge is -2.35. The molecule has 0 aromatic carbocycles. The third-order valence-electron chi connectivity index (χ3n) is 3.02. The highest BCUT2D eigenvalue weighted by atomic mass is 32.2. The van der Waals surface area contributed by atoms with E-state index in [2.05, 4.69) is 6.92 Å². The van der Waals surface area contributed by atoms with Gasteiger partial charge >= 0.3 is 0 Å². The minimum atomic E-state index is -2.88. The summed E-state index contributed by atoms with van der Waals surface area (Å²) in [5, 5.41) is -0.400. The molecule has 0 radical (unpaired) electrons. The molecule has 0 aromatic heterocycles. The van der Waals surface area contributed by atoms with Gasteiger partial charge in [-0.25, -0.2) is 8.42 Å². The maximum Gasteiger partial charge on any atom is 0.155 e. The van der Waals surface area contributed by atoms with E-state index in [0.29, 0.717) is 12.8 Å². The van der Waals surface area contributed by atoms with Crippen LogP contribution in [-0.2, 0) is 14.6 Å². The van der Waals surface area contributed by atoms with Gasteiger partial charge in [-0.2, -0.15) is 0 Å². The molecular formula is C11H22O3S. The Morgan fingerprint density at radius 3 is 2.40 bits per heavy atom. The number of rotatable bonds is 6. The monoisotopic (exact) mass is 234 g/mol. The first kappa shape index (κ1) is 13.0. The molecule has 1 rings (SSSR count). The van der Waals surface area contributed by atoms with Gasteiger partial charge in [0.1, 0.15) is 0 Å². The van der Waals surface area contributed by atoms with Crippen molar-refractivity contribution < 1.29 is 13.2 Å². The average Bonchev–Trinajstić information content (AvgIpc) is 2.08. The molecule has 1 saturated carbocycles. The summed E-state index contributed by atoms with van der Waals surface area (Å²) in [7, 11) is -2.88. The van der Waals surface area contributed by atoms with E-state index in [4.69, 9.17) is 4.74 Å². The Morgan fingerprint density at radius 2 is 1.93 bits per heavy atom. The van der Waals surface area contributed by atoms with E-state index in [-0.39, 0.29) is 16.6 Å². The summed E-state index contributed by atoms with van der Waals surface area (Å²) < 4.78 is 29.0. The summed E-state index contributed by atoms with van der Waals surface area (Å²) in [6.07, 6.45) is 3.78. The van der Waals surface area contributed by atoms with Crippen molar-refractivity contribution in [2.24, 2.45) is 0 Å². The van der Waals surface area contributed by atoms with Gasteiger partial charge in [-0.3, -0.25) is 0 Å². The number of hydrogen-bond donors (Lipinski definition) is 0. The van der Waals surface area contributed by atoms with Gasteiger partial charge in [0.2, 0.25) is 0 Å². The van der Waals surface area contributed by atoms with E-state index in [9.17, 15) is 8.42 Å². The first-order valence-corrected chi connectivity index (χ1v) is 7.43. The van der Waals surface area contributed by atoms with Crippen molar-refractivity contribution in [3.05, 3.63) is 0 Å². The predicted molar refractivity (Wildman–Crippen MR) is 61.7 cm³/mol. The fourth-order valence-electron chi connectivity index (χ4n) is 1.70. The molecule has 3 nitrogen and oxygen atoms in total. The quantitative estimate of drug-likeness (QED) is 0.661. The lowest BCUT2D eigenvalue weighted by atomic mass is 9.95. The van der Waals surface area contributed by atoms with Crippen LogP contribution < -0.4 is 0 Å². The summed E-state index contributed by atoms with van der Waals surface area (Å²) in [5.41, 5.74) is 0. The Bertz CT molecular complexity index is 276. The van der Waals surface area contributed by atoms with Crippen molar-refractivity contribution in [3.63, 3.8) is 0 Å². The minimum absolute atomic E-state index is 0.149. The molecule has 0 amide bonds. The molecule has 0 atom stereocenters. The normalized spacial score (nSPS) is 26.7. The summed E-state index contributed by atoms with van der Waals surface area (Å²) in [6.45, 7) is 6.40. The second-order valence-electron chi connectivity index (χ2n) is 4.58. The van der Waals surface area contributed by atoms with Crippen LogP contribution in [0.3, 0.4) is 0 Å². The van der Waals surface area contributed by atoms with Gasteiger partial charge in [-0.05, 0) is 33.1 Å². The first-order chi connectivity index (χ1) is 6.98. The Morgan fingerprint density at radius 1 is 1.33 bits per heavy atom. The number of unbranched alkanes of at least 4 members (excludes halogenated alkanes) is 1. The Hall–Kier alpha value is -0.0900. The molecule has 90 valence electrons. The number of ether oxygens (including phenoxy) is 1. The van der Waals surface area contributed by atoms with E-state index in [1.165, 1.54) is 0 Å². The predicted octanol–water partition coefficient (Wildman–Crippen LogP) is 2.16. The molecular weight excluding hydrogens is 212 g/mol. The van der Waals surface area contributed by atoms with Crippen LogP contribution in [0.15, 0.2) is 0 Å². The zero-order valence-corrected chi connectivity index (χ0v) is 10.7. The molecule has 0 aliphatic heterocycles. The van der Waals surface area contributed by atoms with E-state index >= 15 is 0 Å². The van der Waals surface area contributed by atoms with Crippen LogP contribution in [0.1, 0.15) is 46.5 Å². The molecule has 0 spiro atoms. The van der Waals surface area contributed by atoms with Gasteiger partial charge in [0.15, 0.2) is 9.84 Å². The topological polar surface area (TPSA) is 43.4 Å². The first-order valence-electron chi connectivity index (χ1n) is 5.82. The van der Waals surface area contributed by atoms with Gasteiger partial charge in [-0.15, -0.1) is 0 Å². The van der Waals surface area contributed by atoms with E-state index in [1.54, 1.807) is 13.8 Å². The number of sulfone groups is 1. The van der Waals surface area contributed by atoms with Crippen molar-refractivity contribution in [2.45, 2.75) is 63.1 Å². The molecule has 0 saturated heterocycles. The molecule has 1 aliphatic rings. The van der Waals surface area contributed by atoms with Crippen LogP contribution in [0, 0.1) is 0 Å². The van der Waals surface area contributed by atoms with Crippen LogP contribution in [0.2, 0.25) is 0 Å². The second-order valence-corrected chi connectivity index (χ2v) is 7.37. The summed E-state index contributed by atoms with van der Waals surface area (Å²) in [4.78, 5) is 0. The fourth-order valence-corrected chi connectivity index (χ4v) is 3.44. The summed E-state index contributed by atoms with van der Waals surface area (Å²) in [5.74, 6) is 0. The van der Waals surface area contributed by atoms with Crippen LogP contribution in [0.4, 0.5) is 0 Å². The minimum Gasteiger partial charge on any atom is -0.378 e. The van der Waals surface area contributed by atoms with Gasteiger partial charge in [0.25, 0.3) is 0 Å². The Kier molecular flexibility index (Phi) is 4.59. The lowest BCUT2D eigenvalue weighted by molar-refractivity contribution is 0.00324. The SMILES string of the molecule is CCCCOC1CC(S(=O)(=O)C(C)C)C1. The molecule has 15 heavy (non-hydrogen) atoms. The molecule has 0 heterocycles. The van der Waals surface area contributed by atoms with E-state index in [1.807, 2.05) is 0 Å². The second kappa shape index (κ2) is 5.30. The highest BCUT2D eigenvalue weighted by Gasteiger charge is 2.40. The fraction of sp³-hybridized carbons (Fsp3) is 1.00. The van der Waals surface area contributed by atoms with E-state index < -0.39 is 9.84 Å². The summed E-state index contributed by atoms with van der Waals surface area (Å²) >= 11 is 0.